The molecular formula is C25H28ClFN4O. The Morgan fingerprint density at radius 2 is 2.09 bits per heavy atom. The van der Waals surface area contributed by atoms with E-state index in [1.807, 2.05) is 26.8 Å². The van der Waals surface area contributed by atoms with Crippen molar-refractivity contribution in [3.05, 3.63) is 59.1 Å². The third-order valence-corrected chi connectivity index (χ3v) is 5.87. The molecule has 0 fully saturated rings. The van der Waals surface area contributed by atoms with E-state index in [0.717, 1.165) is 41.7 Å². The normalized spacial score (nSPS) is 16.7. The average molecular weight is 455 g/mol. The average Bonchev–Trinajstić information content (AvgIpc) is 3.15. The molecule has 2 heterocycles. The Hall–Kier alpha value is -2.86. The third kappa shape index (κ3) is 5.30. The number of fused-ring (bicyclic) bond motifs is 1. The van der Waals surface area contributed by atoms with Gasteiger partial charge in [-0.15, -0.1) is 0 Å². The van der Waals surface area contributed by atoms with Crippen LogP contribution in [-0.2, 0) is 4.79 Å². The molecule has 5 nitrogen and oxygen atoms in total. The number of amides is 1. The molecule has 168 valence electrons. The van der Waals surface area contributed by atoms with Gasteiger partial charge >= 0.3 is 0 Å². The molecule has 0 aliphatic heterocycles. The van der Waals surface area contributed by atoms with Crippen molar-refractivity contribution in [2.45, 2.75) is 52.0 Å². The van der Waals surface area contributed by atoms with Crippen molar-refractivity contribution in [2.24, 2.45) is 5.92 Å². The molecule has 1 atom stereocenters. The minimum Gasteiger partial charge on any atom is -0.355 e. The predicted octanol–water partition coefficient (Wildman–Crippen LogP) is 6.59. The molecule has 0 saturated carbocycles. The zero-order valence-corrected chi connectivity index (χ0v) is 19.3. The summed E-state index contributed by atoms with van der Waals surface area (Å²) in [5, 5.41) is 7.38. The Bertz CT molecular complexity index is 1180. The highest BCUT2D eigenvalue weighted by atomic mass is 35.5. The predicted molar refractivity (Wildman–Crippen MR) is 129 cm³/mol. The molecule has 4 rings (SSSR count). The number of nitrogens with zero attached hydrogens (tertiary/aromatic N) is 1. The van der Waals surface area contributed by atoms with E-state index in [2.05, 4.69) is 32.7 Å². The van der Waals surface area contributed by atoms with Crippen molar-refractivity contribution < 1.29 is 9.18 Å². The number of aromatic amines is 1. The number of hydrogen-bond acceptors (Lipinski definition) is 3. The number of anilines is 2. The van der Waals surface area contributed by atoms with Crippen LogP contribution in [-0.4, -0.2) is 21.4 Å². The fourth-order valence-corrected chi connectivity index (χ4v) is 4.27. The van der Waals surface area contributed by atoms with E-state index in [-0.39, 0.29) is 16.5 Å². The monoisotopic (exact) mass is 454 g/mol. The van der Waals surface area contributed by atoms with Crippen LogP contribution >= 0.6 is 11.6 Å². The zero-order chi connectivity index (χ0) is 22.9. The lowest BCUT2D eigenvalue weighted by atomic mass is 9.86. The molecule has 1 aliphatic carbocycles. The van der Waals surface area contributed by atoms with Crippen LogP contribution in [0.1, 0.15) is 52.1 Å². The maximum Gasteiger partial charge on any atom is 0.220 e. The van der Waals surface area contributed by atoms with E-state index in [9.17, 15) is 9.18 Å². The Labute approximate surface area is 192 Å². The fraction of sp³-hybridized carbons (Fsp3) is 0.360. The van der Waals surface area contributed by atoms with Gasteiger partial charge in [-0.3, -0.25) is 4.79 Å². The van der Waals surface area contributed by atoms with Gasteiger partial charge in [-0.05, 0) is 81.9 Å². The van der Waals surface area contributed by atoms with Crippen molar-refractivity contribution in [1.82, 2.24) is 15.3 Å². The Balaban J connectivity index is 1.48. The maximum absolute atomic E-state index is 13.5. The Morgan fingerprint density at radius 3 is 2.78 bits per heavy atom. The Kier molecular flexibility index (Phi) is 6.24. The lowest BCUT2D eigenvalue weighted by Gasteiger charge is -2.25. The van der Waals surface area contributed by atoms with Crippen LogP contribution in [0.5, 0.6) is 0 Å². The van der Waals surface area contributed by atoms with Gasteiger partial charge in [0.25, 0.3) is 0 Å². The Morgan fingerprint density at radius 1 is 1.28 bits per heavy atom. The summed E-state index contributed by atoms with van der Waals surface area (Å²) >= 11 is 5.91. The number of rotatable bonds is 5. The van der Waals surface area contributed by atoms with Crippen LogP contribution in [0.3, 0.4) is 0 Å². The first-order chi connectivity index (χ1) is 15.2. The van der Waals surface area contributed by atoms with Crippen LogP contribution in [0, 0.1) is 11.7 Å². The number of aromatic nitrogens is 2. The number of pyridine rings is 1. The molecule has 0 spiro atoms. The smallest absolute Gasteiger partial charge is 0.220 e. The minimum atomic E-state index is -0.445. The number of hydrogen-bond donors (Lipinski definition) is 3. The number of carbonyl (C=O) groups excluding carboxylic acids is 1. The molecule has 1 unspecified atom stereocenters. The first-order valence-electron chi connectivity index (χ1n) is 10.9. The first-order valence-corrected chi connectivity index (χ1v) is 11.3. The number of carbonyl (C=O) groups is 1. The van der Waals surface area contributed by atoms with E-state index in [0.29, 0.717) is 18.0 Å². The molecule has 1 aromatic carbocycles. The highest BCUT2D eigenvalue weighted by molar-refractivity contribution is 6.31. The minimum absolute atomic E-state index is 0.0770. The lowest BCUT2D eigenvalue weighted by Crippen LogP contribution is -2.41. The van der Waals surface area contributed by atoms with Crippen molar-refractivity contribution in [1.29, 1.82) is 0 Å². The number of allylic oxidation sites excluding steroid dienone is 2. The van der Waals surface area contributed by atoms with Gasteiger partial charge in [0.05, 0.1) is 10.7 Å². The van der Waals surface area contributed by atoms with E-state index in [1.165, 1.54) is 11.6 Å². The van der Waals surface area contributed by atoms with Crippen LogP contribution in [0.25, 0.3) is 16.6 Å². The molecule has 0 radical (unpaired) electrons. The van der Waals surface area contributed by atoms with Crippen molar-refractivity contribution in [3.63, 3.8) is 0 Å². The van der Waals surface area contributed by atoms with Gasteiger partial charge in [-0.25, -0.2) is 9.37 Å². The zero-order valence-electron chi connectivity index (χ0n) is 18.6. The SMILES string of the molecule is CC(C)(C)NC(=O)CC1CC=C(c2cc3c(Nc4ccc(F)c(Cl)c4)ccnc3[nH]2)CC1. The molecule has 1 aliphatic rings. The quantitative estimate of drug-likeness (QED) is 0.407. The van der Waals surface area contributed by atoms with E-state index < -0.39 is 5.82 Å². The molecule has 1 amide bonds. The number of nitrogens with one attached hydrogen (secondary N) is 3. The molecule has 3 N–H and O–H groups in total. The van der Waals surface area contributed by atoms with E-state index in [4.69, 9.17) is 11.6 Å². The third-order valence-electron chi connectivity index (χ3n) is 5.58. The summed E-state index contributed by atoms with van der Waals surface area (Å²) in [5.41, 5.74) is 4.44. The topological polar surface area (TPSA) is 69.8 Å². The summed E-state index contributed by atoms with van der Waals surface area (Å²) in [7, 11) is 0. The molecule has 0 bridgehead atoms. The second-order valence-corrected chi connectivity index (χ2v) is 9.84. The number of H-pyrrole nitrogens is 1. The highest BCUT2D eigenvalue weighted by Crippen LogP contribution is 2.35. The van der Waals surface area contributed by atoms with Crippen LogP contribution in [0.15, 0.2) is 42.6 Å². The standard InChI is InChI=1S/C25H28ClFN4O/c1-25(2,3)31-23(32)12-15-4-6-16(7-5-15)22-14-18-21(10-11-28-24(18)30-22)29-17-8-9-20(27)19(26)13-17/h6,8-11,13-15H,4-5,7,12H2,1-3H3,(H,31,32)(H2,28,29,30). The second kappa shape index (κ2) is 8.94. The van der Waals surface area contributed by atoms with Crippen LogP contribution < -0.4 is 10.6 Å². The molecule has 3 aromatic rings. The van der Waals surface area contributed by atoms with Gasteiger partial charge in [-0.2, -0.15) is 0 Å². The van der Waals surface area contributed by atoms with E-state index in [1.54, 1.807) is 18.3 Å². The second-order valence-electron chi connectivity index (χ2n) is 9.43. The van der Waals surface area contributed by atoms with Gasteiger partial charge < -0.3 is 15.6 Å². The summed E-state index contributed by atoms with van der Waals surface area (Å²) in [4.78, 5) is 20.1. The van der Waals surface area contributed by atoms with E-state index >= 15 is 0 Å². The number of benzene rings is 1. The molecule has 0 saturated heterocycles. The largest absolute Gasteiger partial charge is 0.355 e. The van der Waals surface area contributed by atoms with Gasteiger partial charge in [-0.1, -0.05) is 17.7 Å². The van der Waals surface area contributed by atoms with Crippen LogP contribution in [0.2, 0.25) is 5.02 Å². The lowest BCUT2D eigenvalue weighted by molar-refractivity contribution is -0.123. The maximum atomic E-state index is 13.5. The molecule has 7 heteroatoms. The molecule has 32 heavy (non-hydrogen) atoms. The summed E-state index contributed by atoms with van der Waals surface area (Å²) in [6.45, 7) is 6.00. The fourth-order valence-electron chi connectivity index (χ4n) is 4.09. The molecule has 2 aromatic heterocycles. The van der Waals surface area contributed by atoms with Crippen molar-refractivity contribution in [3.8, 4) is 0 Å². The van der Waals surface area contributed by atoms with Gasteiger partial charge in [0, 0.05) is 34.9 Å². The highest BCUT2D eigenvalue weighted by Gasteiger charge is 2.22. The van der Waals surface area contributed by atoms with Gasteiger partial charge in [0.2, 0.25) is 5.91 Å². The summed E-state index contributed by atoms with van der Waals surface area (Å²) in [6.07, 6.45) is 7.30. The first kappa shape index (κ1) is 22.3. The summed E-state index contributed by atoms with van der Waals surface area (Å²) in [6, 6.07) is 8.54. The molecular weight excluding hydrogens is 427 g/mol. The van der Waals surface area contributed by atoms with Crippen LogP contribution in [0.4, 0.5) is 15.8 Å². The summed E-state index contributed by atoms with van der Waals surface area (Å²) in [5.74, 6) is 0.0364. The van der Waals surface area contributed by atoms with Crippen molar-refractivity contribution in [2.75, 3.05) is 5.32 Å². The number of halogens is 2. The summed E-state index contributed by atoms with van der Waals surface area (Å²) < 4.78 is 13.5. The van der Waals surface area contributed by atoms with Gasteiger partial charge in [0.1, 0.15) is 11.5 Å². The van der Waals surface area contributed by atoms with Gasteiger partial charge in [0.15, 0.2) is 0 Å². The van der Waals surface area contributed by atoms with Crippen molar-refractivity contribution >= 4 is 45.5 Å².